The molecule has 0 aliphatic rings. The molecule has 0 atom stereocenters. The van der Waals surface area contributed by atoms with Crippen LogP contribution in [0.4, 0.5) is 27.6 Å². The van der Waals surface area contributed by atoms with Gasteiger partial charge in [0.25, 0.3) is 0 Å². The number of sulfonamides is 1. The van der Waals surface area contributed by atoms with Crippen LogP contribution in [0.1, 0.15) is 15.9 Å². The molecule has 3 aromatic heterocycles. The van der Waals surface area contributed by atoms with Crippen LogP contribution in [0.5, 0.6) is 6.01 Å². The minimum atomic E-state index is -5.11. The summed E-state index contributed by atoms with van der Waals surface area (Å²) in [6.07, 6.45) is 0.338. The molecule has 0 saturated carbocycles. The average molecular weight is 527 g/mol. The van der Waals surface area contributed by atoms with E-state index in [2.05, 4.69) is 19.9 Å². The molecule has 0 spiro atoms. The number of anilines is 1. The van der Waals surface area contributed by atoms with Gasteiger partial charge in [0, 0.05) is 46.9 Å². The summed E-state index contributed by atoms with van der Waals surface area (Å²) >= 11 is 0. The van der Waals surface area contributed by atoms with Crippen molar-refractivity contribution in [3.05, 3.63) is 65.7 Å². The molecule has 188 valence electrons. The number of hydrogen-bond acceptors (Lipinski definition) is 7. The number of aromatic nitrogens is 4. The molecule has 0 amide bonds. The van der Waals surface area contributed by atoms with Gasteiger partial charge in [0.05, 0.1) is 18.4 Å². The Labute approximate surface area is 199 Å². The van der Waals surface area contributed by atoms with Crippen molar-refractivity contribution in [1.82, 2.24) is 19.9 Å². The lowest BCUT2D eigenvalue weighted by Crippen LogP contribution is -2.28. The van der Waals surface area contributed by atoms with Gasteiger partial charge in [0.2, 0.25) is 15.8 Å². The van der Waals surface area contributed by atoms with Gasteiger partial charge < -0.3 is 9.72 Å². The zero-order chi connectivity index (χ0) is 26.3. The molecular weight excluding hydrogens is 513 g/mol. The van der Waals surface area contributed by atoms with Gasteiger partial charge in [-0.3, -0.25) is 9.52 Å². The van der Waals surface area contributed by atoms with Crippen LogP contribution >= 0.6 is 0 Å². The van der Waals surface area contributed by atoms with E-state index in [-0.39, 0.29) is 22.6 Å². The van der Waals surface area contributed by atoms with Crippen LogP contribution in [0.2, 0.25) is 0 Å². The number of rotatable bonds is 7. The van der Waals surface area contributed by atoms with Crippen LogP contribution in [-0.4, -0.2) is 53.2 Å². The number of carbonyl (C=O) groups is 1. The van der Waals surface area contributed by atoms with Gasteiger partial charge in [0.15, 0.2) is 11.6 Å². The molecule has 0 aliphatic carbocycles. The first-order chi connectivity index (χ1) is 16.9. The van der Waals surface area contributed by atoms with Crippen molar-refractivity contribution >= 4 is 32.5 Å². The predicted octanol–water partition coefficient (Wildman–Crippen LogP) is 3.84. The minimum absolute atomic E-state index is 0.113. The summed E-state index contributed by atoms with van der Waals surface area (Å²) in [5, 5.41) is 0.162. The standard InChI is InChI=1S/C21H14F5N5O4S/c1-35-20-29-6-11(7-30-20)10-4-12-13(8-28-19(12)27-5-10)18(32)16-14(22)2-3-15(17(16)23)31-36(33,34)9-21(24,25)26/h2-8,31H,9H2,1H3,(H,27,28). The predicted molar refractivity (Wildman–Crippen MR) is 117 cm³/mol. The van der Waals surface area contributed by atoms with Crippen LogP contribution in [-0.2, 0) is 10.0 Å². The fourth-order valence-corrected chi connectivity index (χ4v) is 4.31. The van der Waals surface area contributed by atoms with Crippen molar-refractivity contribution in [2.75, 3.05) is 17.6 Å². The average Bonchev–Trinajstić information content (AvgIpc) is 3.22. The molecule has 0 bridgehead atoms. The lowest BCUT2D eigenvalue weighted by molar-refractivity contribution is -0.106. The third-order valence-electron chi connectivity index (χ3n) is 4.86. The van der Waals surface area contributed by atoms with Crippen LogP contribution < -0.4 is 9.46 Å². The van der Waals surface area contributed by atoms with Crippen molar-refractivity contribution in [2.24, 2.45) is 0 Å². The molecule has 0 unspecified atom stereocenters. The maximum atomic E-state index is 15.0. The number of hydrogen-bond donors (Lipinski definition) is 2. The summed E-state index contributed by atoms with van der Waals surface area (Å²) in [5.74, 6) is -6.52. The fraction of sp³-hybridized carbons (Fsp3) is 0.143. The number of ketones is 1. The van der Waals surface area contributed by atoms with Crippen LogP contribution in [0.3, 0.4) is 0 Å². The van der Waals surface area contributed by atoms with E-state index in [1.54, 1.807) is 0 Å². The highest BCUT2D eigenvalue weighted by molar-refractivity contribution is 7.92. The zero-order valence-corrected chi connectivity index (χ0v) is 18.8. The first-order valence-electron chi connectivity index (χ1n) is 9.82. The van der Waals surface area contributed by atoms with Gasteiger partial charge in [-0.2, -0.15) is 13.2 Å². The number of fused-ring (bicyclic) bond motifs is 1. The smallest absolute Gasteiger partial charge is 0.404 e. The number of ether oxygens (including phenoxy) is 1. The highest BCUT2D eigenvalue weighted by Crippen LogP contribution is 2.30. The second-order valence-corrected chi connectivity index (χ2v) is 9.09. The molecule has 36 heavy (non-hydrogen) atoms. The summed E-state index contributed by atoms with van der Waals surface area (Å²) in [6, 6.07) is 2.74. The number of alkyl halides is 3. The van der Waals surface area contributed by atoms with Gasteiger partial charge in [-0.25, -0.2) is 32.2 Å². The van der Waals surface area contributed by atoms with E-state index < -0.39 is 50.6 Å². The number of H-pyrrole nitrogens is 1. The minimum Gasteiger partial charge on any atom is -0.467 e. The molecule has 4 aromatic rings. The molecule has 3 heterocycles. The van der Waals surface area contributed by atoms with Crippen LogP contribution in [0.25, 0.3) is 22.2 Å². The van der Waals surface area contributed by atoms with Gasteiger partial charge in [0.1, 0.15) is 11.5 Å². The third-order valence-corrected chi connectivity index (χ3v) is 6.10. The summed E-state index contributed by atoms with van der Waals surface area (Å²) in [5.41, 5.74) is -1.27. The first kappa shape index (κ1) is 25.0. The molecule has 2 N–H and O–H groups in total. The van der Waals surface area contributed by atoms with E-state index in [4.69, 9.17) is 4.74 Å². The Bertz CT molecular complexity index is 1570. The van der Waals surface area contributed by atoms with E-state index in [9.17, 15) is 30.8 Å². The number of carbonyl (C=O) groups excluding carboxylic acids is 1. The Hall–Kier alpha value is -4.14. The first-order valence-corrected chi connectivity index (χ1v) is 11.5. The molecular formula is C21H14F5N5O4S. The number of benzene rings is 1. The van der Waals surface area contributed by atoms with Crippen molar-refractivity contribution in [3.8, 4) is 17.1 Å². The Morgan fingerprint density at radius 1 is 1.08 bits per heavy atom. The SMILES string of the molecule is COc1ncc(-c2cnc3[nH]cc(C(=O)c4c(F)ccc(NS(=O)(=O)CC(F)(F)F)c4F)c3c2)cn1. The number of nitrogens with one attached hydrogen (secondary N) is 2. The van der Waals surface area contributed by atoms with Gasteiger partial charge in [-0.1, -0.05) is 0 Å². The molecule has 9 nitrogen and oxygen atoms in total. The molecule has 4 rings (SSSR count). The van der Waals surface area contributed by atoms with Crippen LogP contribution in [0, 0.1) is 11.6 Å². The van der Waals surface area contributed by atoms with Gasteiger partial charge >= 0.3 is 12.2 Å². The Kier molecular flexibility index (Phi) is 6.34. The largest absolute Gasteiger partial charge is 0.467 e. The number of nitrogens with zero attached hydrogens (tertiary/aromatic N) is 3. The lowest BCUT2D eigenvalue weighted by atomic mass is 10.0. The monoisotopic (exact) mass is 527 g/mol. The molecule has 0 fully saturated rings. The Morgan fingerprint density at radius 2 is 1.75 bits per heavy atom. The van der Waals surface area contributed by atoms with E-state index in [1.165, 1.54) is 36.5 Å². The number of halogens is 5. The number of methoxy groups -OCH3 is 1. The molecule has 15 heteroatoms. The maximum Gasteiger partial charge on any atom is 0.404 e. The van der Waals surface area contributed by atoms with E-state index in [0.29, 0.717) is 23.3 Å². The normalized spacial score (nSPS) is 12.1. The number of aromatic amines is 1. The quantitative estimate of drug-likeness (QED) is 0.276. The van der Waals surface area contributed by atoms with E-state index >= 15 is 4.39 Å². The second-order valence-electron chi connectivity index (χ2n) is 7.37. The van der Waals surface area contributed by atoms with Crippen LogP contribution in [0.15, 0.2) is 43.0 Å². The summed E-state index contributed by atoms with van der Waals surface area (Å²) in [7, 11) is -3.70. The maximum absolute atomic E-state index is 15.0. The van der Waals surface area contributed by atoms with Crippen molar-refractivity contribution < 1.29 is 39.9 Å². The van der Waals surface area contributed by atoms with Crippen molar-refractivity contribution in [2.45, 2.75) is 6.18 Å². The molecule has 0 aliphatic heterocycles. The summed E-state index contributed by atoms with van der Waals surface area (Å²) in [6.45, 7) is 0. The molecule has 0 radical (unpaired) electrons. The second kappa shape index (κ2) is 9.14. The summed E-state index contributed by atoms with van der Waals surface area (Å²) in [4.78, 5) is 27.9. The van der Waals surface area contributed by atoms with E-state index in [0.717, 1.165) is 6.20 Å². The van der Waals surface area contributed by atoms with Gasteiger partial charge in [-0.05, 0) is 18.2 Å². The highest BCUT2D eigenvalue weighted by atomic mass is 32.2. The Balaban J connectivity index is 1.74. The zero-order valence-electron chi connectivity index (χ0n) is 18.0. The highest BCUT2D eigenvalue weighted by Gasteiger charge is 2.36. The van der Waals surface area contributed by atoms with Crippen molar-refractivity contribution in [1.29, 1.82) is 0 Å². The topological polar surface area (TPSA) is 127 Å². The van der Waals surface area contributed by atoms with E-state index in [1.807, 2.05) is 0 Å². The van der Waals surface area contributed by atoms with Crippen molar-refractivity contribution in [3.63, 3.8) is 0 Å². The van der Waals surface area contributed by atoms with Gasteiger partial charge in [-0.15, -0.1) is 0 Å². The summed E-state index contributed by atoms with van der Waals surface area (Å²) < 4.78 is 96.8. The molecule has 0 saturated heterocycles. The molecule has 1 aromatic carbocycles. The lowest BCUT2D eigenvalue weighted by Gasteiger charge is -2.13. The third kappa shape index (κ3) is 5.10. The fourth-order valence-electron chi connectivity index (χ4n) is 3.31. The number of pyridine rings is 1. The Morgan fingerprint density at radius 3 is 2.39 bits per heavy atom.